The fourth-order valence-corrected chi connectivity index (χ4v) is 2.76. The van der Waals surface area contributed by atoms with Crippen LogP contribution in [0.25, 0.3) is 0 Å². The summed E-state index contributed by atoms with van der Waals surface area (Å²) in [6.45, 7) is 5.79. The van der Waals surface area contributed by atoms with Gasteiger partial charge in [-0.1, -0.05) is 30.3 Å². The lowest BCUT2D eigenvalue weighted by Gasteiger charge is -2.19. The molecule has 2 rings (SSSR count). The predicted molar refractivity (Wildman–Crippen MR) is 120 cm³/mol. The molecule has 0 atom stereocenters. The van der Waals surface area contributed by atoms with E-state index in [2.05, 4.69) is 16.0 Å². The van der Waals surface area contributed by atoms with E-state index in [0.717, 1.165) is 5.56 Å². The Labute approximate surface area is 187 Å². The number of halogens is 1. The molecule has 0 aromatic heterocycles. The van der Waals surface area contributed by atoms with Crippen molar-refractivity contribution in [2.45, 2.75) is 52.2 Å². The molecular weight excluding hydrogens is 413 g/mol. The third kappa shape index (κ3) is 9.59. The molecule has 172 valence electrons. The number of alkyl carbamates (subject to hydrolysis) is 1. The monoisotopic (exact) mass is 443 g/mol. The van der Waals surface area contributed by atoms with Crippen molar-refractivity contribution in [2.75, 3.05) is 11.9 Å². The first-order chi connectivity index (χ1) is 15.1. The maximum absolute atomic E-state index is 13.6. The molecule has 32 heavy (non-hydrogen) atoms. The lowest BCUT2D eigenvalue weighted by Crippen LogP contribution is -2.34. The Morgan fingerprint density at radius 3 is 2.25 bits per heavy atom. The molecule has 0 aliphatic carbocycles. The number of hydrogen-bond donors (Lipinski definition) is 3. The number of anilines is 1. The van der Waals surface area contributed by atoms with Gasteiger partial charge < -0.3 is 20.7 Å². The van der Waals surface area contributed by atoms with Gasteiger partial charge in [0, 0.05) is 31.6 Å². The molecule has 0 saturated carbocycles. The van der Waals surface area contributed by atoms with Crippen LogP contribution < -0.4 is 16.0 Å². The lowest BCUT2D eigenvalue weighted by atomic mass is 10.1. The second kappa shape index (κ2) is 11.8. The summed E-state index contributed by atoms with van der Waals surface area (Å²) >= 11 is 0. The standard InChI is InChI=1S/C24H30FN3O4/c1-24(2,3)32-23(31)26-15-14-22(30)28-19-11-8-17(9-12-19)16-27-21(29)13-10-18-6-4-5-7-20(18)25/h4-9,11-12H,10,13-16H2,1-3H3,(H,26,31)(H,27,29)(H,28,30). The Bertz CT molecular complexity index is 924. The van der Waals surface area contributed by atoms with E-state index >= 15 is 0 Å². The van der Waals surface area contributed by atoms with Crippen LogP contribution in [0.4, 0.5) is 14.9 Å². The van der Waals surface area contributed by atoms with E-state index in [1.54, 1.807) is 63.2 Å². The van der Waals surface area contributed by atoms with Crippen LogP contribution in [0.15, 0.2) is 48.5 Å². The Hall–Kier alpha value is -3.42. The fraction of sp³-hybridized carbons (Fsp3) is 0.375. The van der Waals surface area contributed by atoms with Gasteiger partial charge in [0.1, 0.15) is 11.4 Å². The maximum Gasteiger partial charge on any atom is 0.407 e. The van der Waals surface area contributed by atoms with E-state index in [9.17, 15) is 18.8 Å². The van der Waals surface area contributed by atoms with Crippen molar-refractivity contribution >= 4 is 23.6 Å². The zero-order chi connectivity index (χ0) is 23.6. The minimum atomic E-state index is -0.590. The molecule has 0 heterocycles. The molecule has 0 fully saturated rings. The number of amides is 3. The molecule has 0 aliphatic rings. The predicted octanol–water partition coefficient (Wildman–Crippen LogP) is 3.93. The van der Waals surface area contributed by atoms with Gasteiger partial charge in [-0.3, -0.25) is 9.59 Å². The van der Waals surface area contributed by atoms with Crippen LogP contribution >= 0.6 is 0 Å². The minimum Gasteiger partial charge on any atom is -0.444 e. The third-order valence-electron chi connectivity index (χ3n) is 4.33. The molecule has 0 saturated heterocycles. The first kappa shape index (κ1) is 24.8. The number of rotatable bonds is 9. The highest BCUT2D eigenvalue weighted by molar-refractivity contribution is 5.91. The lowest BCUT2D eigenvalue weighted by molar-refractivity contribution is -0.121. The second-order valence-electron chi connectivity index (χ2n) is 8.29. The molecule has 7 nitrogen and oxygen atoms in total. The topological polar surface area (TPSA) is 96.5 Å². The van der Waals surface area contributed by atoms with Crippen molar-refractivity contribution in [3.05, 3.63) is 65.5 Å². The summed E-state index contributed by atoms with van der Waals surface area (Å²) in [4.78, 5) is 35.6. The number of nitrogens with one attached hydrogen (secondary N) is 3. The summed E-state index contributed by atoms with van der Waals surface area (Å²) < 4.78 is 18.7. The molecule has 2 aromatic rings. The summed E-state index contributed by atoms with van der Waals surface area (Å²) in [7, 11) is 0. The summed E-state index contributed by atoms with van der Waals surface area (Å²) in [6.07, 6.45) is 0.0863. The Kier molecular flexibility index (Phi) is 9.19. The molecule has 8 heteroatoms. The molecule has 0 unspecified atom stereocenters. The van der Waals surface area contributed by atoms with E-state index in [1.165, 1.54) is 6.07 Å². The number of carbonyl (C=O) groups excluding carboxylic acids is 3. The van der Waals surface area contributed by atoms with Crippen molar-refractivity contribution in [3.63, 3.8) is 0 Å². The van der Waals surface area contributed by atoms with Crippen molar-refractivity contribution in [3.8, 4) is 0 Å². The summed E-state index contributed by atoms with van der Waals surface area (Å²) in [5, 5.41) is 8.08. The average Bonchev–Trinajstić information content (AvgIpc) is 2.71. The van der Waals surface area contributed by atoms with Crippen LogP contribution in [0.1, 0.15) is 44.7 Å². The average molecular weight is 444 g/mol. The Morgan fingerprint density at radius 1 is 0.906 bits per heavy atom. The first-order valence-corrected chi connectivity index (χ1v) is 10.5. The highest BCUT2D eigenvalue weighted by Gasteiger charge is 2.16. The Balaban J connectivity index is 1.68. The highest BCUT2D eigenvalue weighted by atomic mass is 19.1. The van der Waals surface area contributed by atoms with E-state index in [0.29, 0.717) is 24.2 Å². The van der Waals surface area contributed by atoms with Gasteiger partial charge >= 0.3 is 6.09 Å². The molecule has 3 N–H and O–H groups in total. The SMILES string of the molecule is CC(C)(C)OC(=O)NCCC(=O)Nc1ccc(CNC(=O)CCc2ccccc2F)cc1. The fourth-order valence-electron chi connectivity index (χ4n) is 2.76. The minimum absolute atomic E-state index is 0.110. The number of hydrogen-bond acceptors (Lipinski definition) is 4. The van der Waals surface area contributed by atoms with Crippen LogP contribution in [-0.4, -0.2) is 30.1 Å². The molecule has 0 aliphatic heterocycles. The van der Waals surface area contributed by atoms with Crippen molar-refractivity contribution in [2.24, 2.45) is 0 Å². The zero-order valence-electron chi connectivity index (χ0n) is 18.7. The van der Waals surface area contributed by atoms with Gasteiger partial charge in [0.15, 0.2) is 0 Å². The van der Waals surface area contributed by atoms with Gasteiger partial charge in [-0.15, -0.1) is 0 Å². The molecule has 2 aromatic carbocycles. The maximum atomic E-state index is 13.6. The van der Waals surface area contributed by atoms with Gasteiger partial charge in [0.2, 0.25) is 11.8 Å². The molecule has 0 radical (unpaired) electrons. The van der Waals surface area contributed by atoms with Gasteiger partial charge in [-0.25, -0.2) is 9.18 Å². The summed E-state index contributed by atoms with van der Waals surface area (Å²) in [6, 6.07) is 13.5. The van der Waals surface area contributed by atoms with E-state index in [4.69, 9.17) is 4.74 Å². The second-order valence-corrected chi connectivity index (χ2v) is 8.29. The van der Waals surface area contributed by atoms with Crippen molar-refractivity contribution in [1.29, 1.82) is 0 Å². The number of benzene rings is 2. The van der Waals surface area contributed by atoms with Crippen molar-refractivity contribution < 1.29 is 23.5 Å². The van der Waals surface area contributed by atoms with Crippen LogP contribution in [0.5, 0.6) is 0 Å². The summed E-state index contributed by atoms with van der Waals surface area (Å²) in [5.41, 5.74) is 1.41. The van der Waals surface area contributed by atoms with Gasteiger partial charge in [-0.2, -0.15) is 0 Å². The van der Waals surface area contributed by atoms with E-state index in [1.807, 2.05) is 0 Å². The highest BCUT2D eigenvalue weighted by Crippen LogP contribution is 2.11. The third-order valence-corrected chi connectivity index (χ3v) is 4.33. The van der Waals surface area contributed by atoms with Crippen LogP contribution in [-0.2, 0) is 27.3 Å². The molecule has 0 spiro atoms. The quantitative estimate of drug-likeness (QED) is 0.547. The molecule has 3 amide bonds. The largest absolute Gasteiger partial charge is 0.444 e. The van der Waals surface area contributed by atoms with E-state index in [-0.39, 0.29) is 37.0 Å². The number of carbonyl (C=O) groups is 3. The van der Waals surface area contributed by atoms with Crippen LogP contribution in [0.2, 0.25) is 0 Å². The van der Waals surface area contributed by atoms with E-state index < -0.39 is 11.7 Å². The first-order valence-electron chi connectivity index (χ1n) is 10.5. The molecule has 0 bridgehead atoms. The van der Waals surface area contributed by atoms with Gasteiger partial charge in [-0.05, 0) is 56.5 Å². The smallest absolute Gasteiger partial charge is 0.407 e. The van der Waals surface area contributed by atoms with Crippen LogP contribution in [0, 0.1) is 5.82 Å². The van der Waals surface area contributed by atoms with Gasteiger partial charge in [0.05, 0.1) is 0 Å². The Morgan fingerprint density at radius 2 is 1.59 bits per heavy atom. The number of ether oxygens (including phenoxy) is 1. The zero-order valence-corrected chi connectivity index (χ0v) is 18.7. The normalized spacial score (nSPS) is 10.9. The van der Waals surface area contributed by atoms with Crippen LogP contribution in [0.3, 0.4) is 0 Å². The van der Waals surface area contributed by atoms with Crippen molar-refractivity contribution in [1.82, 2.24) is 10.6 Å². The molecular formula is C24H30FN3O4. The van der Waals surface area contributed by atoms with Gasteiger partial charge in [0.25, 0.3) is 0 Å². The number of aryl methyl sites for hydroxylation is 1. The summed E-state index contributed by atoms with van der Waals surface area (Å²) in [5.74, 6) is -0.711.